The van der Waals surface area contributed by atoms with Crippen LogP contribution >= 0.6 is 11.6 Å². The summed E-state index contributed by atoms with van der Waals surface area (Å²) in [6, 6.07) is 5.72. The fourth-order valence-electron chi connectivity index (χ4n) is 2.44. The summed E-state index contributed by atoms with van der Waals surface area (Å²) in [5.74, 6) is 0.812. The average molecular weight is 309 g/mol. The highest BCUT2D eigenvalue weighted by Gasteiger charge is 2.26. The molecule has 0 bridgehead atoms. The second-order valence-corrected chi connectivity index (χ2v) is 5.87. The van der Waals surface area contributed by atoms with Crippen molar-refractivity contribution in [2.24, 2.45) is 7.05 Å². The molecule has 5 heteroatoms. The molecule has 21 heavy (non-hydrogen) atoms. The van der Waals surface area contributed by atoms with Gasteiger partial charge in [0.05, 0.1) is 12.8 Å². The highest BCUT2D eigenvalue weighted by molar-refractivity contribution is 6.30. The van der Waals surface area contributed by atoms with Crippen LogP contribution in [0.5, 0.6) is 5.75 Å². The van der Waals surface area contributed by atoms with E-state index >= 15 is 0 Å². The van der Waals surface area contributed by atoms with Crippen molar-refractivity contribution in [1.82, 2.24) is 9.78 Å². The van der Waals surface area contributed by atoms with Crippen molar-refractivity contribution >= 4 is 11.6 Å². The lowest BCUT2D eigenvalue weighted by Crippen LogP contribution is -2.06. The standard InChI is InChI=1S/C16H21ClN2O2/c1-9(2)14-13(16(17)19(4)18-14)15(20)11-8-10(3)6-7-12(11)21-5/h6-9,15,20H,1-5H3. The number of aromatic nitrogens is 2. The lowest BCUT2D eigenvalue weighted by Gasteiger charge is -2.17. The molecule has 0 spiro atoms. The number of aliphatic hydroxyl groups excluding tert-OH is 1. The second kappa shape index (κ2) is 6.08. The first-order valence-electron chi connectivity index (χ1n) is 6.91. The molecule has 0 saturated heterocycles. The third-order valence-corrected chi connectivity index (χ3v) is 3.99. The van der Waals surface area contributed by atoms with Gasteiger partial charge in [-0.25, -0.2) is 0 Å². The molecule has 114 valence electrons. The van der Waals surface area contributed by atoms with Gasteiger partial charge >= 0.3 is 0 Å². The topological polar surface area (TPSA) is 47.3 Å². The molecule has 0 aliphatic carbocycles. The van der Waals surface area contributed by atoms with E-state index < -0.39 is 6.10 Å². The van der Waals surface area contributed by atoms with Crippen molar-refractivity contribution in [1.29, 1.82) is 0 Å². The van der Waals surface area contributed by atoms with Gasteiger partial charge in [-0.15, -0.1) is 0 Å². The lowest BCUT2D eigenvalue weighted by atomic mass is 9.96. The number of rotatable bonds is 4. The zero-order chi connectivity index (χ0) is 15.7. The zero-order valence-corrected chi connectivity index (χ0v) is 13.8. The molecule has 0 radical (unpaired) electrons. The number of hydrogen-bond donors (Lipinski definition) is 1. The maximum atomic E-state index is 10.8. The van der Waals surface area contributed by atoms with Crippen molar-refractivity contribution in [3.8, 4) is 5.75 Å². The van der Waals surface area contributed by atoms with Crippen LogP contribution < -0.4 is 4.74 Å². The van der Waals surface area contributed by atoms with Crippen molar-refractivity contribution < 1.29 is 9.84 Å². The molecule has 1 N–H and O–H groups in total. The van der Waals surface area contributed by atoms with Gasteiger partial charge in [-0.2, -0.15) is 5.10 Å². The number of benzene rings is 1. The second-order valence-electron chi connectivity index (χ2n) is 5.52. The van der Waals surface area contributed by atoms with Crippen LogP contribution in [0, 0.1) is 6.92 Å². The number of aryl methyl sites for hydroxylation is 2. The SMILES string of the molecule is COc1ccc(C)cc1C(O)c1c(C(C)C)nn(C)c1Cl. The summed E-state index contributed by atoms with van der Waals surface area (Å²) in [5.41, 5.74) is 3.21. The highest BCUT2D eigenvalue weighted by atomic mass is 35.5. The summed E-state index contributed by atoms with van der Waals surface area (Å²) in [5, 5.41) is 15.7. The number of halogens is 1. The third-order valence-electron chi connectivity index (χ3n) is 3.54. The van der Waals surface area contributed by atoms with E-state index in [9.17, 15) is 5.11 Å². The lowest BCUT2D eigenvalue weighted by molar-refractivity contribution is 0.213. The van der Waals surface area contributed by atoms with E-state index in [2.05, 4.69) is 5.10 Å². The van der Waals surface area contributed by atoms with Crippen LogP contribution in [0.1, 0.15) is 48.3 Å². The molecule has 0 saturated carbocycles. The molecular formula is C16H21ClN2O2. The van der Waals surface area contributed by atoms with Crippen LogP contribution in [0.15, 0.2) is 18.2 Å². The molecule has 4 nitrogen and oxygen atoms in total. The Bertz CT molecular complexity index is 650. The van der Waals surface area contributed by atoms with Crippen LogP contribution in [-0.2, 0) is 7.05 Å². The molecule has 1 aromatic carbocycles. The summed E-state index contributed by atoms with van der Waals surface area (Å²) < 4.78 is 6.95. The molecule has 1 heterocycles. The van der Waals surface area contributed by atoms with Gasteiger partial charge in [0.1, 0.15) is 17.0 Å². The largest absolute Gasteiger partial charge is 0.496 e. The van der Waals surface area contributed by atoms with Gasteiger partial charge in [-0.1, -0.05) is 37.1 Å². The number of hydrogen-bond acceptors (Lipinski definition) is 3. The van der Waals surface area contributed by atoms with Gasteiger partial charge in [0, 0.05) is 18.2 Å². The maximum Gasteiger partial charge on any atom is 0.133 e. The smallest absolute Gasteiger partial charge is 0.133 e. The Kier molecular flexibility index (Phi) is 4.59. The molecule has 1 aromatic heterocycles. The molecule has 1 unspecified atom stereocenters. The molecule has 2 aromatic rings. The van der Waals surface area contributed by atoms with E-state index in [0.29, 0.717) is 22.0 Å². The minimum Gasteiger partial charge on any atom is -0.496 e. The Hall–Kier alpha value is -1.52. The first-order valence-corrected chi connectivity index (χ1v) is 7.29. The molecule has 0 aliphatic heterocycles. The van der Waals surface area contributed by atoms with Gasteiger partial charge in [0.25, 0.3) is 0 Å². The van der Waals surface area contributed by atoms with Crippen molar-refractivity contribution in [3.63, 3.8) is 0 Å². The predicted octanol–water partition coefficient (Wildman–Crippen LogP) is 3.60. The Balaban J connectivity index is 2.60. The van der Waals surface area contributed by atoms with Gasteiger partial charge < -0.3 is 9.84 Å². The summed E-state index contributed by atoms with van der Waals surface area (Å²) in [7, 11) is 3.37. The number of nitrogens with zero attached hydrogens (tertiary/aromatic N) is 2. The Morgan fingerprint density at radius 2 is 2.00 bits per heavy atom. The Morgan fingerprint density at radius 3 is 2.57 bits per heavy atom. The van der Waals surface area contributed by atoms with Crippen LogP contribution in [0.2, 0.25) is 5.15 Å². The number of aliphatic hydroxyl groups is 1. The van der Waals surface area contributed by atoms with Crippen molar-refractivity contribution in [2.75, 3.05) is 7.11 Å². The van der Waals surface area contributed by atoms with Gasteiger partial charge in [-0.3, -0.25) is 4.68 Å². The van der Waals surface area contributed by atoms with E-state index in [1.54, 1.807) is 18.8 Å². The fraction of sp³-hybridized carbons (Fsp3) is 0.438. The number of ether oxygens (including phenoxy) is 1. The van der Waals surface area contributed by atoms with Gasteiger partial charge in [0.15, 0.2) is 0 Å². The van der Waals surface area contributed by atoms with Gasteiger partial charge in [-0.05, 0) is 25.0 Å². The quantitative estimate of drug-likeness (QED) is 0.939. The summed E-state index contributed by atoms with van der Waals surface area (Å²) in [6.45, 7) is 6.04. The maximum absolute atomic E-state index is 10.8. The molecule has 0 amide bonds. The Labute approximate surface area is 130 Å². The van der Waals surface area contributed by atoms with E-state index in [1.165, 1.54) is 0 Å². The third kappa shape index (κ3) is 2.92. The molecule has 1 atom stereocenters. The van der Waals surface area contributed by atoms with Crippen LogP contribution in [0.25, 0.3) is 0 Å². The summed E-state index contributed by atoms with van der Waals surface area (Å²) >= 11 is 6.34. The summed E-state index contributed by atoms with van der Waals surface area (Å²) in [6.07, 6.45) is -0.863. The van der Waals surface area contributed by atoms with Gasteiger partial charge in [0.2, 0.25) is 0 Å². The molecule has 0 fully saturated rings. The van der Waals surface area contributed by atoms with E-state index in [4.69, 9.17) is 16.3 Å². The van der Waals surface area contributed by atoms with Crippen molar-refractivity contribution in [2.45, 2.75) is 32.8 Å². The monoisotopic (exact) mass is 308 g/mol. The van der Waals surface area contributed by atoms with E-state index in [-0.39, 0.29) is 5.92 Å². The van der Waals surface area contributed by atoms with E-state index in [0.717, 1.165) is 11.3 Å². The molecule has 2 rings (SSSR count). The van der Waals surface area contributed by atoms with Crippen LogP contribution in [0.4, 0.5) is 0 Å². The molecule has 0 aliphatic rings. The number of methoxy groups -OCH3 is 1. The highest BCUT2D eigenvalue weighted by Crippen LogP contribution is 2.37. The van der Waals surface area contributed by atoms with E-state index in [1.807, 2.05) is 39.0 Å². The van der Waals surface area contributed by atoms with Crippen LogP contribution in [0.3, 0.4) is 0 Å². The minimum atomic E-state index is -0.863. The normalized spacial score (nSPS) is 12.8. The zero-order valence-electron chi connectivity index (χ0n) is 13.0. The van der Waals surface area contributed by atoms with Crippen LogP contribution in [-0.4, -0.2) is 22.0 Å². The first-order chi connectivity index (χ1) is 9.86. The fourth-order valence-corrected chi connectivity index (χ4v) is 2.68. The minimum absolute atomic E-state index is 0.171. The predicted molar refractivity (Wildman–Crippen MR) is 84.1 cm³/mol. The van der Waals surface area contributed by atoms with Crippen molar-refractivity contribution in [3.05, 3.63) is 45.7 Å². The Morgan fingerprint density at radius 1 is 1.33 bits per heavy atom. The first kappa shape index (κ1) is 15.9. The average Bonchev–Trinajstić information content (AvgIpc) is 2.74. The summed E-state index contributed by atoms with van der Waals surface area (Å²) in [4.78, 5) is 0. The molecular weight excluding hydrogens is 288 g/mol.